The molecule has 3 N–H and O–H groups in total. The van der Waals surface area contributed by atoms with Gasteiger partial charge in [-0.3, -0.25) is 0 Å². The molecule has 13 saturated carbocycles. The van der Waals surface area contributed by atoms with Crippen LogP contribution in [0, 0.1) is 57.7 Å². The Hall–Kier alpha value is -0.120. The van der Waals surface area contributed by atoms with Gasteiger partial charge in [-0.1, -0.05) is 0 Å². The van der Waals surface area contributed by atoms with E-state index < -0.39 is 16.8 Å². The topological polar surface area (TPSA) is 60.7 Å². The van der Waals surface area contributed by atoms with E-state index in [0.717, 1.165) is 81.5 Å². The molecule has 13 aliphatic rings. The second-order valence-electron chi connectivity index (χ2n) is 13.0. The maximum absolute atomic E-state index is 11.6. The van der Waals surface area contributed by atoms with Crippen LogP contribution in [0.2, 0.25) is 0 Å². The van der Waals surface area contributed by atoms with Gasteiger partial charge >= 0.3 is 0 Å². The van der Waals surface area contributed by atoms with Crippen molar-refractivity contribution in [2.75, 3.05) is 0 Å². The van der Waals surface area contributed by atoms with Crippen molar-refractivity contribution in [1.82, 2.24) is 0 Å². The SMILES string of the molecule is OC12CC3C4C5CC6(O)CC4(C1)C1C4(C2)CC2(O)CC(C34)C5C1(C6)C2. The lowest BCUT2D eigenvalue weighted by atomic mass is 9.10. The fraction of sp³-hybridized carbons (Fsp3) is 1.00. The van der Waals surface area contributed by atoms with Crippen LogP contribution in [0.15, 0.2) is 0 Å². The van der Waals surface area contributed by atoms with Gasteiger partial charge in [-0.25, -0.2) is 0 Å². The molecule has 0 aromatic carbocycles. The second-order valence-corrected chi connectivity index (χ2v) is 13.0. The molecule has 0 atom stereocenters. The van der Waals surface area contributed by atoms with Crippen molar-refractivity contribution >= 4 is 0 Å². The maximum Gasteiger partial charge on any atom is 0.0661 e. The van der Waals surface area contributed by atoms with E-state index in [9.17, 15) is 15.3 Å². The average molecular weight is 340 g/mol. The summed E-state index contributed by atoms with van der Waals surface area (Å²) in [5.74, 6) is 5.24. The molecule has 0 heterocycles. The highest BCUT2D eigenvalue weighted by molar-refractivity contribution is 5.42. The Morgan fingerprint density at radius 3 is 1.04 bits per heavy atom. The quantitative estimate of drug-likeness (QED) is 0.633. The van der Waals surface area contributed by atoms with Gasteiger partial charge in [0.05, 0.1) is 16.8 Å². The van der Waals surface area contributed by atoms with Gasteiger partial charge in [0.25, 0.3) is 0 Å². The van der Waals surface area contributed by atoms with E-state index in [2.05, 4.69) is 0 Å². The number of rotatable bonds is 0. The number of aliphatic hydroxyl groups is 3. The highest BCUT2D eigenvalue weighted by Crippen LogP contribution is 2.96. The van der Waals surface area contributed by atoms with Crippen LogP contribution in [0.5, 0.6) is 0 Å². The molecular weight excluding hydrogens is 312 g/mol. The zero-order chi connectivity index (χ0) is 16.4. The molecule has 13 rings (SSSR count). The maximum atomic E-state index is 11.6. The summed E-state index contributed by atoms with van der Waals surface area (Å²) in [4.78, 5) is 0. The second kappa shape index (κ2) is 2.88. The minimum Gasteiger partial charge on any atom is -0.390 e. The first-order valence-electron chi connectivity index (χ1n) is 10.9. The molecule has 0 unspecified atom stereocenters. The van der Waals surface area contributed by atoms with Crippen molar-refractivity contribution in [2.24, 2.45) is 57.7 Å². The Kier molecular flexibility index (Phi) is 1.51. The Balaban J connectivity index is 1.46. The molecule has 0 amide bonds. The molecular formula is C22H28O3. The van der Waals surface area contributed by atoms with Crippen molar-refractivity contribution in [1.29, 1.82) is 0 Å². The molecule has 3 nitrogen and oxygen atoms in total. The number of hydrogen-bond donors (Lipinski definition) is 3. The third kappa shape index (κ3) is 0.930. The summed E-state index contributed by atoms with van der Waals surface area (Å²) in [6.45, 7) is 0. The van der Waals surface area contributed by atoms with E-state index in [-0.39, 0.29) is 16.2 Å². The highest BCUT2D eigenvalue weighted by atomic mass is 16.3. The molecule has 13 fully saturated rings. The first kappa shape index (κ1) is 13.1. The van der Waals surface area contributed by atoms with E-state index >= 15 is 0 Å². The smallest absolute Gasteiger partial charge is 0.0661 e. The lowest BCUT2D eigenvalue weighted by Crippen LogP contribution is -2.93. The van der Waals surface area contributed by atoms with Gasteiger partial charge in [0.2, 0.25) is 0 Å². The van der Waals surface area contributed by atoms with Gasteiger partial charge in [-0.05, 0) is 115 Å². The van der Waals surface area contributed by atoms with Crippen LogP contribution < -0.4 is 0 Å². The van der Waals surface area contributed by atoms with Gasteiger partial charge in [-0.15, -0.1) is 0 Å². The van der Waals surface area contributed by atoms with E-state index in [0.29, 0.717) is 17.8 Å². The van der Waals surface area contributed by atoms with Crippen molar-refractivity contribution in [2.45, 2.75) is 74.6 Å². The molecule has 0 radical (unpaired) electrons. The van der Waals surface area contributed by atoms with Crippen LogP contribution in [0.1, 0.15) is 57.8 Å². The van der Waals surface area contributed by atoms with E-state index in [1.165, 1.54) is 0 Å². The van der Waals surface area contributed by atoms with Crippen molar-refractivity contribution in [3.63, 3.8) is 0 Å². The molecule has 0 aliphatic heterocycles. The Labute approximate surface area is 148 Å². The van der Waals surface area contributed by atoms with Gasteiger partial charge in [0.15, 0.2) is 0 Å². The molecule has 3 heteroatoms. The minimum atomic E-state index is -0.482. The van der Waals surface area contributed by atoms with Crippen LogP contribution in [0.3, 0.4) is 0 Å². The Morgan fingerprint density at radius 1 is 0.480 bits per heavy atom. The predicted molar refractivity (Wildman–Crippen MR) is 88.1 cm³/mol. The van der Waals surface area contributed by atoms with Crippen LogP contribution in [0.4, 0.5) is 0 Å². The third-order valence-electron chi connectivity index (χ3n) is 12.3. The lowest BCUT2D eigenvalue weighted by Gasteiger charge is -2.95. The molecule has 3 spiro atoms. The average Bonchev–Trinajstić information content (AvgIpc) is 2.38. The predicted octanol–water partition coefficient (Wildman–Crippen LogP) is 2.09. The summed E-state index contributed by atoms with van der Waals surface area (Å²) >= 11 is 0. The largest absolute Gasteiger partial charge is 0.390 e. The first-order chi connectivity index (χ1) is 11.8. The molecule has 13 bridgehead atoms. The molecule has 134 valence electrons. The zero-order valence-electron chi connectivity index (χ0n) is 14.7. The summed E-state index contributed by atoms with van der Waals surface area (Å²) in [6, 6.07) is 0. The van der Waals surface area contributed by atoms with Crippen molar-refractivity contribution in [3.8, 4) is 0 Å². The van der Waals surface area contributed by atoms with E-state index in [1.807, 2.05) is 0 Å². The van der Waals surface area contributed by atoms with Gasteiger partial charge in [-0.2, -0.15) is 0 Å². The summed E-state index contributed by atoms with van der Waals surface area (Å²) < 4.78 is 0. The molecule has 25 heavy (non-hydrogen) atoms. The van der Waals surface area contributed by atoms with Crippen molar-refractivity contribution < 1.29 is 15.3 Å². The number of hydrogen-bond acceptors (Lipinski definition) is 3. The van der Waals surface area contributed by atoms with Crippen LogP contribution in [-0.4, -0.2) is 32.1 Å². The summed E-state index contributed by atoms with van der Waals surface area (Å²) in [5, 5.41) is 34.8. The molecule has 0 saturated heterocycles. The summed E-state index contributed by atoms with van der Waals surface area (Å²) in [5.41, 5.74) is -0.771. The van der Waals surface area contributed by atoms with Crippen LogP contribution >= 0.6 is 0 Å². The van der Waals surface area contributed by atoms with E-state index in [4.69, 9.17) is 0 Å². The minimum absolute atomic E-state index is 0.225. The fourth-order valence-corrected chi connectivity index (χ4v) is 14.4. The molecule has 0 aromatic heterocycles. The van der Waals surface area contributed by atoms with E-state index in [1.54, 1.807) is 0 Å². The monoisotopic (exact) mass is 340 g/mol. The standard InChI is InChI=1S/C22H28O3/c23-17-1-10-13-11-2-18(24)6-20(13,4-17)16-21(5-17)7-19(25)3-12(14(10)21)15(11)22(16,8-18)9-19/h10-16,23-25H,1-9H2. The summed E-state index contributed by atoms with van der Waals surface area (Å²) in [7, 11) is 0. The van der Waals surface area contributed by atoms with Crippen molar-refractivity contribution in [3.05, 3.63) is 0 Å². The van der Waals surface area contributed by atoms with Crippen LogP contribution in [-0.2, 0) is 0 Å². The Bertz CT molecular complexity index is 664. The van der Waals surface area contributed by atoms with Gasteiger partial charge < -0.3 is 15.3 Å². The molecule has 0 aromatic rings. The molecule has 13 aliphatic carbocycles. The lowest BCUT2D eigenvalue weighted by molar-refractivity contribution is -0.496. The van der Waals surface area contributed by atoms with Crippen LogP contribution in [0.25, 0.3) is 0 Å². The third-order valence-corrected chi connectivity index (χ3v) is 12.3. The normalized spacial score (nSPS) is 85.3. The summed E-state index contributed by atoms with van der Waals surface area (Å²) in [6.07, 6.45) is 9.03. The highest BCUT2D eigenvalue weighted by Gasteiger charge is 2.93. The zero-order valence-corrected chi connectivity index (χ0v) is 14.7. The Morgan fingerprint density at radius 2 is 0.760 bits per heavy atom. The first-order valence-corrected chi connectivity index (χ1v) is 10.9. The van der Waals surface area contributed by atoms with Gasteiger partial charge in [0.1, 0.15) is 0 Å². The fourth-order valence-electron chi connectivity index (χ4n) is 14.4. The van der Waals surface area contributed by atoms with Gasteiger partial charge in [0, 0.05) is 0 Å².